The van der Waals surface area contributed by atoms with Crippen LogP contribution in [0.3, 0.4) is 0 Å². The lowest BCUT2D eigenvalue weighted by Gasteiger charge is -2.06. The zero-order valence-electron chi connectivity index (χ0n) is 11.8. The van der Waals surface area contributed by atoms with Gasteiger partial charge in [0.1, 0.15) is 17.4 Å². The van der Waals surface area contributed by atoms with Crippen molar-refractivity contribution >= 4 is 29.3 Å². The van der Waals surface area contributed by atoms with Gasteiger partial charge in [0.25, 0.3) is 5.91 Å². The van der Waals surface area contributed by atoms with Gasteiger partial charge >= 0.3 is 0 Å². The zero-order valence-corrected chi connectivity index (χ0v) is 12.6. The molecule has 0 spiro atoms. The van der Waals surface area contributed by atoms with Gasteiger partial charge in [0.2, 0.25) is 0 Å². The lowest BCUT2D eigenvalue weighted by atomic mass is 10.1. The standard InChI is InChI=1S/C17H13ClN2O2/c1-22-16-7-3-6-15(10-16)20-17(21)13(11-19)8-12-4-2-5-14(18)9-12/h2-10H,1H3,(H,20,21)/b13-8+. The van der Waals surface area contributed by atoms with E-state index in [-0.39, 0.29) is 5.57 Å². The minimum Gasteiger partial charge on any atom is -0.497 e. The molecule has 0 aliphatic heterocycles. The molecule has 0 atom stereocenters. The van der Waals surface area contributed by atoms with E-state index in [9.17, 15) is 4.79 Å². The monoisotopic (exact) mass is 312 g/mol. The minimum atomic E-state index is -0.490. The number of carbonyl (C=O) groups excluding carboxylic acids is 1. The van der Waals surface area contributed by atoms with E-state index >= 15 is 0 Å². The van der Waals surface area contributed by atoms with Crippen molar-refractivity contribution in [1.82, 2.24) is 0 Å². The third-order valence-electron chi connectivity index (χ3n) is 2.85. The summed E-state index contributed by atoms with van der Waals surface area (Å²) in [6.07, 6.45) is 1.49. The van der Waals surface area contributed by atoms with Crippen LogP contribution >= 0.6 is 11.6 Å². The van der Waals surface area contributed by atoms with Gasteiger partial charge in [0.15, 0.2) is 0 Å². The Balaban J connectivity index is 2.20. The molecule has 0 fully saturated rings. The van der Waals surface area contributed by atoms with Crippen LogP contribution in [0.5, 0.6) is 5.75 Å². The van der Waals surface area contributed by atoms with E-state index in [0.717, 1.165) is 0 Å². The molecule has 5 heteroatoms. The van der Waals surface area contributed by atoms with Gasteiger partial charge in [-0.3, -0.25) is 4.79 Å². The van der Waals surface area contributed by atoms with E-state index in [1.54, 1.807) is 55.6 Å². The molecule has 0 aliphatic rings. The van der Waals surface area contributed by atoms with Crippen molar-refractivity contribution in [3.05, 3.63) is 64.7 Å². The van der Waals surface area contributed by atoms with Crippen molar-refractivity contribution in [2.24, 2.45) is 0 Å². The van der Waals surface area contributed by atoms with Gasteiger partial charge < -0.3 is 10.1 Å². The average molecular weight is 313 g/mol. The second-order valence-corrected chi connectivity index (χ2v) is 4.85. The highest BCUT2D eigenvalue weighted by Crippen LogP contribution is 2.18. The fourth-order valence-electron chi connectivity index (χ4n) is 1.81. The second kappa shape index (κ2) is 7.30. The summed E-state index contributed by atoms with van der Waals surface area (Å²) in [7, 11) is 1.54. The predicted octanol–water partition coefficient (Wildman–Crippen LogP) is 3.89. The average Bonchev–Trinajstić information content (AvgIpc) is 2.52. The number of hydrogen-bond acceptors (Lipinski definition) is 3. The highest BCUT2D eigenvalue weighted by Gasteiger charge is 2.10. The molecule has 1 N–H and O–H groups in total. The topological polar surface area (TPSA) is 62.1 Å². The zero-order chi connectivity index (χ0) is 15.9. The summed E-state index contributed by atoms with van der Waals surface area (Å²) < 4.78 is 5.09. The molecule has 1 amide bonds. The summed E-state index contributed by atoms with van der Waals surface area (Å²) >= 11 is 5.89. The van der Waals surface area contributed by atoms with Crippen LogP contribution in [0.1, 0.15) is 5.56 Å². The summed E-state index contributed by atoms with van der Waals surface area (Å²) in [6.45, 7) is 0. The molecule has 0 aromatic heterocycles. The maximum Gasteiger partial charge on any atom is 0.266 e. The molecule has 0 saturated carbocycles. The Morgan fingerprint density at radius 2 is 2.05 bits per heavy atom. The minimum absolute atomic E-state index is 0.00918. The number of rotatable bonds is 4. The number of methoxy groups -OCH3 is 1. The molecule has 4 nitrogen and oxygen atoms in total. The van der Waals surface area contributed by atoms with Crippen LogP contribution in [0.15, 0.2) is 54.1 Å². The Morgan fingerprint density at radius 3 is 2.73 bits per heavy atom. The van der Waals surface area contributed by atoms with Crippen LogP contribution in [0.25, 0.3) is 6.08 Å². The van der Waals surface area contributed by atoms with Gasteiger partial charge in [-0.1, -0.05) is 29.8 Å². The maximum absolute atomic E-state index is 12.2. The summed E-state index contributed by atoms with van der Waals surface area (Å²) in [6, 6.07) is 15.7. The SMILES string of the molecule is COc1cccc(NC(=O)/C(C#N)=C/c2cccc(Cl)c2)c1. The molecule has 2 aromatic carbocycles. The van der Waals surface area contributed by atoms with Crippen LogP contribution in [0.2, 0.25) is 5.02 Å². The number of hydrogen-bond donors (Lipinski definition) is 1. The Labute approximate surface area is 133 Å². The number of nitrogens with one attached hydrogen (secondary N) is 1. The van der Waals surface area contributed by atoms with Crippen LogP contribution in [0, 0.1) is 11.3 Å². The fourth-order valence-corrected chi connectivity index (χ4v) is 2.01. The molecule has 2 aromatic rings. The maximum atomic E-state index is 12.2. The lowest BCUT2D eigenvalue weighted by Crippen LogP contribution is -2.13. The van der Waals surface area contributed by atoms with Crippen LogP contribution in [-0.4, -0.2) is 13.0 Å². The van der Waals surface area contributed by atoms with Crippen molar-refractivity contribution < 1.29 is 9.53 Å². The first-order chi connectivity index (χ1) is 10.6. The molecule has 0 heterocycles. The summed E-state index contributed by atoms with van der Waals surface area (Å²) in [4.78, 5) is 12.2. The molecule has 0 bridgehead atoms. The number of anilines is 1. The predicted molar refractivity (Wildman–Crippen MR) is 86.7 cm³/mol. The number of amides is 1. The number of benzene rings is 2. The van der Waals surface area contributed by atoms with Crippen molar-refractivity contribution in [3.8, 4) is 11.8 Å². The molecule has 0 saturated heterocycles. The Bertz CT molecular complexity index is 763. The first kappa shape index (κ1) is 15.6. The van der Waals surface area contributed by atoms with Gasteiger partial charge in [-0.25, -0.2) is 0 Å². The molecule has 0 aliphatic carbocycles. The first-order valence-corrected chi connectivity index (χ1v) is 6.83. The van der Waals surface area contributed by atoms with E-state index in [1.807, 2.05) is 6.07 Å². The number of nitriles is 1. The first-order valence-electron chi connectivity index (χ1n) is 6.45. The number of carbonyl (C=O) groups is 1. The number of nitrogens with zero attached hydrogens (tertiary/aromatic N) is 1. The summed E-state index contributed by atoms with van der Waals surface area (Å²) in [5.74, 6) is 0.130. The van der Waals surface area contributed by atoms with E-state index in [1.165, 1.54) is 6.08 Å². The summed E-state index contributed by atoms with van der Waals surface area (Å²) in [5, 5.41) is 12.4. The van der Waals surface area contributed by atoms with Crippen molar-refractivity contribution in [1.29, 1.82) is 5.26 Å². The van der Waals surface area contributed by atoms with Crippen LogP contribution in [0.4, 0.5) is 5.69 Å². The molecular weight excluding hydrogens is 300 g/mol. The van der Waals surface area contributed by atoms with E-state index in [4.69, 9.17) is 21.6 Å². The van der Waals surface area contributed by atoms with Gasteiger partial charge in [-0.05, 0) is 35.9 Å². The largest absolute Gasteiger partial charge is 0.497 e. The third kappa shape index (κ3) is 4.11. The van der Waals surface area contributed by atoms with Gasteiger partial charge in [0, 0.05) is 16.8 Å². The highest BCUT2D eigenvalue weighted by atomic mass is 35.5. The number of halogens is 1. The van der Waals surface area contributed by atoms with E-state index in [0.29, 0.717) is 22.0 Å². The molecular formula is C17H13ClN2O2. The Morgan fingerprint density at radius 1 is 1.27 bits per heavy atom. The smallest absolute Gasteiger partial charge is 0.266 e. The Hall–Kier alpha value is -2.77. The van der Waals surface area contributed by atoms with E-state index < -0.39 is 5.91 Å². The molecule has 22 heavy (non-hydrogen) atoms. The van der Waals surface area contributed by atoms with Crippen molar-refractivity contribution in [3.63, 3.8) is 0 Å². The summed E-state index contributed by atoms with van der Waals surface area (Å²) in [5.41, 5.74) is 1.23. The lowest BCUT2D eigenvalue weighted by molar-refractivity contribution is -0.112. The van der Waals surface area contributed by atoms with Crippen LogP contribution in [-0.2, 0) is 4.79 Å². The normalized spacial score (nSPS) is 10.7. The van der Waals surface area contributed by atoms with Crippen molar-refractivity contribution in [2.75, 3.05) is 12.4 Å². The van der Waals surface area contributed by atoms with Gasteiger partial charge in [-0.15, -0.1) is 0 Å². The fraction of sp³-hybridized carbons (Fsp3) is 0.0588. The quantitative estimate of drug-likeness (QED) is 0.688. The van der Waals surface area contributed by atoms with Gasteiger partial charge in [-0.2, -0.15) is 5.26 Å². The van der Waals surface area contributed by atoms with Gasteiger partial charge in [0.05, 0.1) is 7.11 Å². The molecule has 0 unspecified atom stereocenters. The highest BCUT2D eigenvalue weighted by molar-refractivity contribution is 6.30. The third-order valence-corrected chi connectivity index (χ3v) is 3.09. The van der Waals surface area contributed by atoms with E-state index in [2.05, 4.69) is 5.32 Å². The molecule has 110 valence electrons. The Kier molecular flexibility index (Phi) is 5.18. The van der Waals surface area contributed by atoms with Crippen molar-refractivity contribution in [2.45, 2.75) is 0 Å². The second-order valence-electron chi connectivity index (χ2n) is 4.41. The molecule has 2 rings (SSSR count). The number of ether oxygens (including phenoxy) is 1. The van der Waals surface area contributed by atoms with Crippen LogP contribution < -0.4 is 10.1 Å². The molecule has 0 radical (unpaired) electrons.